The molecule has 2 heterocycles. The maximum atomic E-state index is 5.50. The number of aliphatic imine (C=N–C) groups is 1. The summed E-state index contributed by atoms with van der Waals surface area (Å²) in [5.74, 6) is 0.287. The van der Waals surface area contributed by atoms with E-state index in [2.05, 4.69) is 85.7 Å². The first-order valence-electron chi connectivity index (χ1n) is 9.41. The zero-order valence-corrected chi connectivity index (χ0v) is 16.9. The summed E-state index contributed by atoms with van der Waals surface area (Å²) in [5.41, 5.74) is 7.43. The number of benzene rings is 2. The molecular weight excluding hydrogens is 350 g/mol. The summed E-state index contributed by atoms with van der Waals surface area (Å²) in [4.78, 5) is 7.15. The van der Waals surface area contributed by atoms with E-state index in [4.69, 9.17) is 17.2 Å². The average molecular weight is 376 g/mol. The molecule has 1 saturated heterocycles. The molecule has 4 heteroatoms. The van der Waals surface area contributed by atoms with Crippen molar-refractivity contribution in [2.75, 3.05) is 20.1 Å². The van der Waals surface area contributed by atoms with Crippen molar-refractivity contribution in [3.63, 3.8) is 0 Å². The number of nitrogens with one attached hydrogen (secondary N) is 1. The molecular formula is C23H25N3S. The SMILES string of the molecule is Cc1ccc(/C=C2\CN(C)CC3C2=NC(=S)NC3c2ccc(C)cc2)cc1. The number of nitrogens with zero attached hydrogens (tertiary/aromatic N) is 2. The van der Waals surface area contributed by atoms with Crippen LogP contribution in [0, 0.1) is 19.8 Å². The van der Waals surface area contributed by atoms with Crippen LogP contribution >= 0.6 is 12.2 Å². The number of hydrogen-bond acceptors (Lipinski definition) is 2. The number of aryl methyl sites for hydroxylation is 2. The predicted octanol–water partition coefficient (Wildman–Crippen LogP) is 4.32. The molecule has 0 bridgehead atoms. The van der Waals surface area contributed by atoms with E-state index < -0.39 is 0 Å². The molecule has 0 aromatic heterocycles. The molecule has 0 aliphatic carbocycles. The van der Waals surface area contributed by atoms with Crippen LogP contribution in [0.15, 0.2) is 59.1 Å². The molecule has 1 N–H and O–H groups in total. The Morgan fingerprint density at radius 3 is 2.33 bits per heavy atom. The summed E-state index contributed by atoms with van der Waals surface area (Å²) in [6.45, 7) is 6.10. The summed E-state index contributed by atoms with van der Waals surface area (Å²) >= 11 is 5.50. The van der Waals surface area contributed by atoms with Crippen LogP contribution in [0.5, 0.6) is 0 Å². The van der Waals surface area contributed by atoms with Gasteiger partial charge in [0.1, 0.15) is 0 Å². The normalized spacial score (nSPS) is 24.3. The Morgan fingerprint density at radius 2 is 1.67 bits per heavy atom. The fraction of sp³-hybridized carbons (Fsp3) is 0.304. The molecule has 0 saturated carbocycles. The van der Waals surface area contributed by atoms with Gasteiger partial charge in [0.05, 0.1) is 11.8 Å². The third kappa shape index (κ3) is 3.87. The second kappa shape index (κ2) is 7.37. The van der Waals surface area contributed by atoms with E-state index in [9.17, 15) is 0 Å². The van der Waals surface area contributed by atoms with Gasteiger partial charge in [-0.2, -0.15) is 0 Å². The fourth-order valence-corrected chi connectivity index (χ4v) is 4.19. The lowest BCUT2D eigenvalue weighted by molar-refractivity contribution is 0.287. The Morgan fingerprint density at radius 1 is 1.04 bits per heavy atom. The molecule has 2 aliphatic heterocycles. The lowest BCUT2D eigenvalue weighted by Gasteiger charge is -2.41. The van der Waals surface area contributed by atoms with Crippen molar-refractivity contribution in [3.8, 4) is 0 Å². The zero-order chi connectivity index (χ0) is 19.0. The molecule has 138 valence electrons. The largest absolute Gasteiger partial charge is 0.353 e. The number of hydrogen-bond donors (Lipinski definition) is 1. The van der Waals surface area contributed by atoms with Crippen molar-refractivity contribution < 1.29 is 0 Å². The smallest absolute Gasteiger partial charge is 0.193 e. The van der Waals surface area contributed by atoms with E-state index in [0.29, 0.717) is 5.11 Å². The van der Waals surface area contributed by atoms with Crippen molar-refractivity contribution in [1.29, 1.82) is 0 Å². The number of thiocarbonyl (C=S) groups is 1. The first kappa shape index (κ1) is 18.1. The Kier molecular flexibility index (Phi) is 4.94. The second-order valence-electron chi connectivity index (χ2n) is 7.72. The van der Waals surface area contributed by atoms with E-state index in [1.807, 2.05) is 0 Å². The fourth-order valence-electron chi connectivity index (χ4n) is 3.96. The Labute approximate surface area is 166 Å². The Balaban J connectivity index is 1.73. The van der Waals surface area contributed by atoms with Crippen LogP contribution in [0.25, 0.3) is 6.08 Å². The molecule has 2 unspecified atom stereocenters. The van der Waals surface area contributed by atoms with E-state index in [-0.39, 0.29) is 12.0 Å². The van der Waals surface area contributed by atoms with Gasteiger partial charge in [0.15, 0.2) is 5.11 Å². The van der Waals surface area contributed by atoms with E-state index >= 15 is 0 Å². The van der Waals surface area contributed by atoms with Crippen molar-refractivity contribution >= 4 is 29.1 Å². The molecule has 2 aromatic carbocycles. The third-order valence-corrected chi connectivity index (χ3v) is 5.60. The predicted molar refractivity (Wildman–Crippen MR) is 117 cm³/mol. The molecule has 1 fully saturated rings. The lowest BCUT2D eigenvalue weighted by Crippen LogP contribution is -2.50. The molecule has 0 amide bonds. The summed E-state index contributed by atoms with van der Waals surface area (Å²) < 4.78 is 0. The zero-order valence-electron chi connectivity index (χ0n) is 16.1. The number of fused-ring (bicyclic) bond motifs is 1. The number of rotatable bonds is 2. The highest BCUT2D eigenvalue weighted by Crippen LogP contribution is 2.33. The van der Waals surface area contributed by atoms with Crippen LogP contribution in [-0.2, 0) is 0 Å². The van der Waals surface area contributed by atoms with Crippen molar-refractivity contribution in [2.45, 2.75) is 19.9 Å². The topological polar surface area (TPSA) is 27.6 Å². The van der Waals surface area contributed by atoms with Gasteiger partial charge in [-0.15, -0.1) is 0 Å². The summed E-state index contributed by atoms with van der Waals surface area (Å²) in [6, 6.07) is 17.6. The van der Waals surface area contributed by atoms with E-state index in [0.717, 1.165) is 18.8 Å². The Hall–Kier alpha value is -2.30. The van der Waals surface area contributed by atoms with Gasteiger partial charge in [-0.05, 0) is 55.9 Å². The maximum absolute atomic E-state index is 5.50. The Bertz CT molecular complexity index is 910. The highest BCUT2D eigenvalue weighted by molar-refractivity contribution is 7.80. The first-order chi connectivity index (χ1) is 13.0. The van der Waals surface area contributed by atoms with Gasteiger partial charge in [0.2, 0.25) is 0 Å². The minimum atomic E-state index is 0.162. The van der Waals surface area contributed by atoms with Crippen LogP contribution in [0.2, 0.25) is 0 Å². The maximum Gasteiger partial charge on any atom is 0.193 e. The van der Waals surface area contributed by atoms with Gasteiger partial charge >= 0.3 is 0 Å². The van der Waals surface area contributed by atoms with Crippen LogP contribution < -0.4 is 5.32 Å². The molecule has 4 rings (SSSR count). The highest BCUT2D eigenvalue weighted by atomic mass is 32.1. The second-order valence-corrected chi connectivity index (χ2v) is 8.11. The highest BCUT2D eigenvalue weighted by Gasteiger charge is 2.37. The summed E-state index contributed by atoms with van der Waals surface area (Å²) in [6.07, 6.45) is 2.26. The van der Waals surface area contributed by atoms with Crippen molar-refractivity contribution in [2.24, 2.45) is 10.9 Å². The standard InChI is InChI=1S/C23H25N3S/c1-15-4-8-17(9-5-15)12-19-13-26(3)14-20-21(24-23(27)25-22(19)20)18-10-6-16(2)7-11-18/h4-12,20-21H,13-14H2,1-3H3,(H,24,27)/b19-12+. The molecule has 3 nitrogen and oxygen atoms in total. The molecule has 2 aromatic rings. The van der Waals surface area contributed by atoms with Crippen LogP contribution in [0.4, 0.5) is 0 Å². The van der Waals surface area contributed by atoms with Crippen molar-refractivity contribution in [3.05, 3.63) is 76.4 Å². The van der Waals surface area contributed by atoms with E-state index in [1.165, 1.54) is 27.8 Å². The number of likely N-dealkylation sites (N-methyl/N-ethyl adjacent to an activating group) is 1. The van der Waals surface area contributed by atoms with Crippen LogP contribution in [0.1, 0.15) is 28.3 Å². The quantitative estimate of drug-likeness (QED) is 0.792. The first-order valence-corrected chi connectivity index (χ1v) is 9.82. The van der Waals surface area contributed by atoms with Crippen LogP contribution in [0.3, 0.4) is 0 Å². The average Bonchev–Trinajstić information content (AvgIpc) is 2.64. The molecule has 0 radical (unpaired) electrons. The van der Waals surface area contributed by atoms with Gasteiger partial charge in [0.25, 0.3) is 0 Å². The van der Waals surface area contributed by atoms with Crippen LogP contribution in [-0.4, -0.2) is 35.9 Å². The third-order valence-electron chi connectivity index (χ3n) is 5.39. The number of likely N-dealkylation sites (tertiary alicyclic amines) is 1. The van der Waals surface area contributed by atoms with E-state index in [1.54, 1.807) is 0 Å². The minimum Gasteiger partial charge on any atom is -0.353 e. The van der Waals surface area contributed by atoms with Gasteiger partial charge in [0, 0.05) is 19.0 Å². The van der Waals surface area contributed by atoms with Crippen molar-refractivity contribution in [1.82, 2.24) is 10.2 Å². The molecule has 2 atom stereocenters. The van der Waals surface area contributed by atoms with Gasteiger partial charge < -0.3 is 10.2 Å². The molecule has 2 aliphatic rings. The summed E-state index contributed by atoms with van der Waals surface area (Å²) in [7, 11) is 2.18. The monoisotopic (exact) mass is 375 g/mol. The molecule has 27 heavy (non-hydrogen) atoms. The van der Waals surface area contributed by atoms with Gasteiger partial charge in [-0.25, -0.2) is 4.99 Å². The minimum absolute atomic E-state index is 0.162. The number of piperidine rings is 1. The lowest BCUT2D eigenvalue weighted by atomic mass is 9.81. The molecule has 0 spiro atoms. The summed E-state index contributed by atoms with van der Waals surface area (Å²) in [5, 5.41) is 4.04. The van der Waals surface area contributed by atoms with Gasteiger partial charge in [-0.3, -0.25) is 0 Å². The van der Waals surface area contributed by atoms with Gasteiger partial charge in [-0.1, -0.05) is 59.7 Å².